The zero-order valence-electron chi connectivity index (χ0n) is 36.5. The van der Waals surface area contributed by atoms with Gasteiger partial charge in [-0.25, -0.2) is 0 Å². The van der Waals surface area contributed by atoms with E-state index >= 15 is 0 Å². The quantitative estimate of drug-likeness (QED) is 0.171. The number of rotatable bonds is 3. The molecule has 1 aromatic heterocycles. The Bertz CT molecular complexity index is 3470. The third-order valence-electron chi connectivity index (χ3n) is 11.1. The van der Waals surface area contributed by atoms with Gasteiger partial charge in [-0.1, -0.05) is 159 Å². The van der Waals surface area contributed by atoms with E-state index in [0.29, 0.717) is 22.3 Å². The Morgan fingerprint density at radius 1 is 0.442 bits per heavy atom. The maximum absolute atomic E-state index is 9.42. The molecule has 0 aliphatic heterocycles. The molecule has 1 nitrogen and oxygen atoms in total. The van der Waals surface area contributed by atoms with Gasteiger partial charge in [0.2, 0.25) is 0 Å². The lowest BCUT2D eigenvalue weighted by Gasteiger charge is -2.23. The Morgan fingerprint density at radius 3 is 1.79 bits per heavy atom. The summed E-state index contributed by atoms with van der Waals surface area (Å²) < 4.78 is 79.4. The van der Waals surface area contributed by atoms with Crippen molar-refractivity contribution < 1.29 is 15.4 Å². The molecule has 0 fully saturated rings. The number of benzene rings is 9. The second-order valence-electron chi connectivity index (χ2n) is 14.2. The molecular weight excluding hydrogens is 629 g/mol. The van der Waals surface area contributed by atoms with Gasteiger partial charge in [0.15, 0.2) is 0 Å². The lowest BCUT2D eigenvalue weighted by Crippen LogP contribution is -2.14. The smallest absolute Gasteiger partial charge is 0.143 e. The predicted molar refractivity (Wildman–Crippen MR) is 220 cm³/mol. The van der Waals surface area contributed by atoms with Crippen LogP contribution in [0.4, 0.5) is 0 Å². The minimum absolute atomic E-state index is 0.197. The van der Waals surface area contributed by atoms with Gasteiger partial charge >= 0.3 is 0 Å². The molecule has 0 amide bonds. The van der Waals surface area contributed by atoms with Crippen LogP contribution in [0.5, 0.6) is 0 Å². The molecule has 0 saturated carbocycles. The molecule has 1 aliphatic rings. The topological polar surface area (TPSA) is 13.1 Å². The number of hydrogen-bond acceptors (Lipinski definition) is 1. The van der Waals surface area contributed by atoms with Gasteiger partial charge in [0.1, 0.15) is 11.2 Å². The van der Waals surface area contributed by atoms with E-state index in [4.69, 9.17) is 9.90 Å². The van der Waals surface area contributed by atoms with Crippen molar-refractivity contribution in [2.75, 3.05) is 0 Å². The van der Waals surface area contributed by atoms with Crippen LogP contribution < -0.4 is 0 Å². The number of fused-ring (bicyclic) bond motifs is 10. The molecule has 11 rings (SSSR count). The SMILES string of the molecule is [2H]c1c([2H])c([2H])c2c(-c3ccc4c(c3)C(C)(C)c3ccccc3-4)c3c([2H])c([2H])c([2H])c([2H])c3c(-c3ccc(-c4ccc5oc6c7ccccc7ccc6c5c4)cc3)c2c1[2H]. The van der Waals surface area contributed by atoms with Gasteiger partial charge in [0.25, 0.3) is 0 Å². The summed E-state index contributed by atoms with van der Waals surface area (Å²) in [6, 6.07) is 37.5. The highest BCUT2D eigenvalue weighted by atomic mass is 16.3. The summed E-state index contributed by atoms with van der Waals surface area (Å²) in [6.07, 6.45) is 0. The van der Waals surface area contributed by atoms with Gasteiger partial charge in [-0.15, -0.1) is 0 Å². The highest BCUT2D eigenvalue weighted by Crippen LogP contribution is 2.51. The van der Waals surface area contributed by atoms with Gasteiger partial charge in [0.05, 0.1) is 11.0 Å². The van der Waals surface area contributed by atoms with E-state index in [1.165, 1.54) is 5.56 Å². The van der Waals surface area contributed by atoms with Crippen LogP contribution in [0.25, 0.3) is 98.8 Å². The van der Waals surface area contributed by atoms with Gasteiger partial charge in [-0.2, -0.15) is 0 Å². The van der Waals surface area contributed by atoms with Crippen LogP contribution in [-0.4, -0.2) is 0 Å². The first-order valence-corrected chi connectivity index (χ1v) is 17.5. The monoisotopic (exact) mass is 670 g/mol. The molecule has 0 radical (unpaired) electrons. The fraction of sp³-hybridized carbons (Fsp3) is 0.0588. The molecule has 1 heterocycles. The van der Waals surface area contributed by atoms with Crippen molar-refractivity contribution in [2.24, 2.45) is 0 Å². The molecule has 0 spiro atoms. The van der Waals surface area contributed by atoms with Gasteiger partial charge < -0.3 is 4.42 Å². The first-order valence-electron chi connectivity index (χ1n) is 21.5. The van der Waals surface area contributed by atoms with E-state index in [-0.39, 0.29) is 45.7 Å². The highest BCUT2D eigenvalue weighted by Gasteiger charge is 2.35. The fourth-order valence-electron chi connectivity index (χ4n) is 8.58. The summed E-state index contributed by atoms with van der Waals surface area (Å²) >= 11 is 0. The Hall–Kier alpha value is -6.44. The van der Waals surface area contributed by atoms with Crippen LogP contribution in [0.3, 0.4) is 0 Å². The van der Waals surface area contributed by atoms with Gasteiger partial charge in [0, 0.05) is 21.6 Å². The van der Waals surface area contributed by atoms with Crippen molar-refractivity contribution in [3.63, 3.8) is 0 Å². The fourth-order valence-corrected chi connectivity index (χ4v) is 8.58. The van der Waals surface area contributed by atoms with E-state index in [1.807, 2.05) is 78.9 Å². The molecule has 1 aliphatic carbocycles. The molecule has 52 heavy (non-hydrogen) atoms. The van der Waals surface area contributed by atoms with Crippen molar-refractivity contribution in [3.8, 4) is 44.5 Å². The average molecular weight is 671 g/mol. The molecular formula is C51H34O. The summed E-state index contributed by atoms with van der Waals surface area (Å²) in [4.78, 5) is 0. The second kappa shape index (κ2) is 10.8. The molecule has 10 aromatic rings. The summed E-state index contributed by atoms with van der Waals surface area (Å²) in [5.74, 6) is 0. The van der Waals surface area contributed by atoms with Crippen LogP contribution in [-0.2, 0) is 5.41 Å². The van der Waals surface area contributed by atoms with Crippen LogP contribution in [0, 0.1) is 0 Å². The van der Waals surface area contributed by atoms with Crippen LogP contribution in [0.1, 0.15) is 35.9 Å². The Morgan fingerprint density at radius 2 is 1.04 bits per heavy atom. The Labute approximate surface area is 313 Å². The van der Waals surface area contributed by atoms with Crippen molar-refractivity contribution in [2.45, 2.75) is 19.3 Å². The lowest BCUT2D eigenvalue weighted by molar-refractivity contribution is 0.660. The lowest BCUT2D eigenvalue weighted by atomic mass is 9.80. The highest BCUT2D eigenvalue weighted by molar-refractivity contribution is 6.21. The summed E-state index contributed by atoms with van der Waals surface area (Å²) in [5, 5.41) is 4.95. The van der Waals surface area contributed by atoms with E-state index < -0.39 is 29.6 Å². The standard InChI is InChI=1S/C51H34O/c1-51(2)45-18-10-9-13-37(45)38-26-24-35(30-46(38)51)49-41-16-7-5-14-39(41)48(40-15-6-8-17-42(40)49)33-21-19-31(20-22-33)34-25-28-47-44(29-34)43-27-23-32-11-3-4-12-36(32)50(43)52-47/h3-30H,1-2H3/i5D,6D,7D,8D,14D,15D,16D,17D. The zero-order chi connectivity index (χ0) is 41.5. The summed E-state index contributed by atoms with van der Waals surface area (Å²) in [5.41, 5.74) is 9.27. The molecule has 0 bridgehead atoms. The summed E-state index contributed by atoms with van der Waals surface area (Å²) in [6.45, 7) is 4.31. The van der Waals surface area contributed by atoms with E-state index in [2.05, 4.69) is 56.3 Å². The Balaban J connectivity index is 1.17. The normalized spacial score (nSPS) is 15.5. The van der Waals surface area contributed by atoms with E-state index in [0.717, 1.165) is 60.5 Å². The molecule has 244 valence electrons. The first kappa shape index (κ1) is 22.4. The average Bonchev–Trinajstić information content (AvgIpc) is 3.76. The largest absolute Gasteiger partial charge is 0.455 e. The van der Waals surface area contributed by atoms with Crippen LogP contribution >= 0.6 is 0 Å². The molecule has 0 atom stereocenters. The van der Waals surface area contributed by atoms with Crippen molar-refractivity contribution in [1.29, 1.82) is 0 Å². The second-order valence-corrected chi connectivity index (χ2v) is 14.2. The Kier molecular flexibility index (Phi) is 4.64. The number of hydrogen-bond donors (Lipinski definition) is 0. The summed E-state index contributed by atoms with van der Waals surface area (Å²) in [7, 11) is 0. The molecule has 0 N–H and O–H groups in total. The first-order chi connectivity index (χ1) is 28.9. The van der Waals surface area contributed by atoms with Crippen molar-refractivity contribution >= 4 is 54.3 Å². The minimum Gasteiger partial charge on any atom is -0.455 e. The van der Waals surface area contributed by atoms with Gasteiger partial charge in [-0.3, -0.25) is 0 Å². The maximum atomic E-state index is 9.42. The van der Waals surface area contributed by atoms with Crippen LogP contribution in [0.15, 0.2) is 174 Å². The zero-order valence-corrected chi connectivity index (χ0v) is 28.5. The minimum atomic E-state index is -0.421. The van der Waals surface area contributed by atoms with Crippen molar-refractivity contribution in [3.05, 3.63) is 181 Å². The predicted octanol–water partition coefficient (Wildman–Crippen LogP) is 14.4. The van der Waals surface area contributed by atoms with Crippen molar-refractivity contribution in [1.82, 2.24) is 0 Å². The maximum Gasteiger partial charge on any atom is 0.143 e. The molecule has 1 heteroatoms. The molecule has 0 unspecified atom stereocenters. The number of furan rings is 1. The third kappa shape index (κ3) is 4.11. The third-order valence-corrected chi connectivity index (χ3v) is 11.1. The molecule has 9 aromatic carbocycles. The van der Waals surface area contributed by atoms with E-state index in [1.54, 1.807) is 0 Å². The van der Waals surface area contributed by atoms with Crippen LogP contribution in [0.2, 0.25) is 0 Å². The van der Waals surface area contributed by atoms with Gasteiger partial charge in [-0.05, 0) is 107 Å². The molecule has 0 saturated heterocycles. The van der Waals surface area contributed by atoms with E-state index in [9.17, 15) is 5.48 Å².